The van der Waals surface area contributed by atoms with Gasteiger partial charge in [0.2, 0.25) is 0 Å². The minimum atomic E-state index is -0.184. The van der Waals surface area contributed by atoms with Crippen molar-refractivity contribution >= 4 is 45.8 Å². The van der Waals surface area contributed by atoms with Gasteiger partial charge in [-0.25, -0.2) is 0 Å². The van der Waals surface area contributed by atoms with E-state index in [2.05, 4.69) is 27.9 Å². The molecule has 0 aliphatic rings. The van der Waals surface area contributed by atoms with E-state index >= 15 is 0 Å². The maximum atomic E-state index is 11.9. The molecule has 1 aromatic heterocycles. The van der Waals surface area contributed by atoms with Gasteiger partial charge in [0.15, 0.2) is 0 Å². The van der Waals surface area contributed by atoms with E-state index in [-0.39, 0.29) is 5.91 Å². The number of furan rings is 1. The van der Waals surface area contributed by atoms with Crippen LogP contribution in [-0.4, -0.2) is 5.91 Å². The summed E-state index contributed by atoms with van der Waals surface area (Å²) in [4.78, 5) is 11.9. The molecule has 88 valence electrons. The maximum Gasteiger partial charge on any atom is 0.259 e. The Bertz CT molecular complexity index is 565. The molecule has 1 heterocycles. The average Bonchev–Trinajstić information content (AvgIpc) is 2.68. The van der Waals surface area contributed by atoms with Crippen LogP contribution in [0.15, 0.2) is 34.9 Å². The van der Waals surface area contributed by atoms with Crippen molar-refractivity contribution in [3.8, 4) is 0 Å². The van der Waals surface area contributed by atoms with E-state index in [1.165, 1.54) is 6.26 Å². The van der Waals surface area contributed by atoms with Gasteiger partial charge < -0.3 is 9.73 Å². The minimum Gasteiger partial charge on any atom is -0.469 e. The van der Waals surface area contributed by atoms with E-state index in [0.29, 0.717) is 16.3 Å². The second-order valence-corrected chi connectivity index (χ2v) is 5.07. The minimum absolute atomic E-state index is 0.184. The lowest BCUT2D eigenvalue weighted by atomic mass is 10.2. The molecule has 0 radical (unpaired) electrons. The van der Waals surface area contributed by atoms with Gasteiger partial charge in [-0.15, -0.1) is 0 Å². The highest BCUT2D eigenvalue weighted by molar-refractivity contribution is 14.1. The molecule has 2 aromatic rings. The first-order chi connectivity index (χ1) is 8.08. The van der Waals surface area contributed by atoms with Crippen LogP contribution in [-0.2, 0) is 0 Å². The second kappa shape index (κ2) is 5.10. The first-order valence-electron chi connectivity index (χ1n) is 4.88. The molecule has 1 aromatic carbocycles. The van der Waals surface area contributed by atoms with Gasteiger partial charge in [-0.05, 0) is 53.8 Å². The van der Waals surface area contributed by atoms with Crippen molar-refractivity contribution < 1.29 is 9.21 Å². The molecule has 0 saturated carbocycles. The molecule has 1 N–H and O–H groups in total. The number of carbonyl (C=O) groups excluding carboxylic acids is 1. The standard InChI is InChI=1S/C12H9ClINO2/c1-7-9(4-5-17-7)12(16)15-11-3-2-8(13)6-10(11)14/h2-6H,1H3,(H,15,16). The van der Waals surface area contributed by atoms with Crippen molar-refractivity contribution in [2.75, 3.05) is 5.32 Å². The summed E-state index contributed by atoms with van der Waals surface area (Å²) in [5, 5.41) is 3.46. The number of aryl methyl sites for hydroxylation is 1. The SMILES string of the molecule is Cc1occc1C(=O)Nc1ccc(Cl)cc1I. The highest BCUT2D eigenvalue weighted by Gasteiger charge is 2.12. The molecule has 3 nitrogen and oxygen atoms in total. The van der Waals surface area contributed by atoms with Crippen molar-refractivity contribution in [3.05, 3.63) is 50.4 Å². The Morgan fingerprint density at radius 3 is 2.76 bits per heavy atom. The zero-order valence-electron chi connectivity index (χ0n) is 8.96. The van der Waals surface area contributed by atoms with Crippen molar-refractivity contribution in [1.82, 2.24) is 0 Å². The largest absolute Gasteiger partial charge is 0.469 e. The molecule has 17 heavy (non-hydrogen) atoms. The Hall–Kier alpha value is -1.01. The van der Waals surface area contributed by atoms with Gasteiger partial charge in [-0.2, -0.15) is 0 Å². The summed E-state index contributed by atoms with van der Waals surface area (Å²) in [6.07, 6.45) is 1.50. The summed E-state index contributed by atoms with van der Waals surface area (Å²) in [7, 11) is 0. The number of nitrogens with one attached hydrogen (secondary N) is 1. The lowest BCUT2D eigenvalue weighted by molar-refractivity contribution is 0.102. The van der Waals surface area contributed by atoms with Crippen LogP contribution in [0.5, 0.6) is 0 Å². The molecule has 5 heteroatoms. The fraction of sp³-hybridized carbons (Fsp3) is 0.0833. The van der Waals surface area contributed by atoms with Crippen molar-refractivity contribution in [2.45, 2.75) is 6.92 Å². The fourth-order valence-corrected chi connectivity index (χ4v) is 2.41. The molecule has 2 rings (SSSR count). The molecule has 1 amide bonds. The highest BCUT2D eigenvalue weighted by atomic mass is 127. The van der Waals surface area contributed by atoms with Gasteiger partial charge in [0.1, 0.15) is 5.76 Å². The zero-order chi connectivity index (χ0) is 12.4. The van der Waals surface area contributed by atoms with E-state index in [1.807, 2.05) is 0 Å². The van der Waals surface area contributed by atoms with E-state index in [9.17, 15) is 4.79 Å². The van der Waals surface area contributed by atoms with Crippen molar-refractivity contribution in [3.63, 3.8) is 0 Å². The molecule has 0 aliphatic heterocycles. The molecule has 0 bridgehead atoms. The van der Waals surface area contributed by atoms with E-state index in [4.69, 9.17) is 16.0 Å². The van der Waals surface area contributed by atoms with Crippen LogP contribution >= 0.6 is 34.2 Å². The second-order valence-electron chi connectivity index (χ2n) is 3.47. The van der Waals surface area contributed by atoms with E-state index in [0.717, 1.165) is 9.26 Å². The predicted molar refractivity (Wildman–Crippen MR) is 75.6 cm³/mol. The summed E-state index contributed by atoms with van der Waals surface area (Å²) >= 11 is 7.97. The molecule has 0 atom stereocenters. The Balaban J connectivity index is 2.22. The van der Waals surface area contributed by atoms with Gasteiger partial charge in [0, 0.05) is 8.59 Å². The Morgan fingerprint density at radius 2 is 2.18 bits per heavy atom. The number of carbonyl (C=O) groups is 1. The average molecular weight is 362 g/mol. The number of amides is 1. The molecule has 0 saturated heterocycles. The van der Waals surface area contributed by atoms with Crippen LogP contribution < -0.4 is 5.32 Å². The van der Waals surface area contributed by atoms with Crippen molar-refractivity contribution in [1.29, 1.82) is 0 Å². The molecule has 0 unspecified atom stereocenters. The van der Waals surface area contributed by atoms with Crippen LogP contribution in [0.2, 0.25) is 5.02 Å². The molecule has 0 aliphatic carbocycles. The Labute approximate surface area is 117 Å². The number of benzene rings is 1. The smallest absolute Gasteiger partial charge is 0.259 e. The predicted octanol–water partition coefficient (Wildman–Crippen LogP) is 4.10. The topological polar surface area (TPSA) is 42.2 Å². The third-order valence-electron chi connectivity index (χ3n) is 2.28. The first-order valence-corrected chi connectivity index (χ1v) is 6.34. The Kier molecular flexibility index (Phi) is 3.73. The lowest BCUT2D eigenvalue weighted by Gasteiger charge is -2.06. The third-order valence-corrected chi connectivity index (χ3v) is 3.41. The van der Waals surface area contributed by atoms with Crippen LogP contribution in [0.3, 0.4) is 0 Å². The molecular weight excluding hydrogens is 352 g/mol. The third kappa shape index (κ3) is 2.81. The van der Waals surface area contributed by atoms with E-state index < -0.39 is 0 Å². The molecule has 0 spiro atoms. The Morgan fingerprint density at radius 1 is 1.41 bits per heavy atom. The summed E-state index contributed by atoms with van der Waals surface area (Å²) in [6, 6.07) is 6.95. The summed E-state index contributed by atoms with van der Waals surface area (Å²) in [5.74, 6) is 0.419. The normalized spacial score (nSPS) is 10.3. The number of halogens is 2. The molecule has 0 fully saturated rings. The monoisotopic (exact) mass is 361 g/mol. The highest BCUT2D eigenvalue weighted by Crippen LogP contribution is 2.23. The van der Waals surface area contributed by atoms with E-state index in [1.54, 1.807) is 31.2 Å². The van der Waals surface area contributed by atoms with Crippen molar-refractivity contribution in [2.24, 2.45) is 0 Å². The number of hydrogen-bond acceptors (Lipinski definition) is 2. The van der Waals surface area contributed by atoms with Gasteiger partial charge in [0.25, 0.3) is 5.91 Å². The molecular formula is C12H9ClINO2. The fourth-order valence-electron chi connectivity index (χ4n) is 1.40. The van der Waals surface area contributed by atoms with Gasteiger partial charge in [0.05, 0.1) is 17.5 Å². The van der Waals surface area contributed by atoms with Gasteiger partial charge >= 0.3 is 0 Å². The number of hydrogen-bond donors (Lipinski definition) is 1. The van der Waals surface area contributed by atoms with Crippen LogP contribution in [0.25, 0.3) is 0 Å². The number of rotatable bonds is 2. The summed E-state index contributed by atoms with van der Waals surface area (Å²) in [6.45, 7) is 1.75. The van der Waals surface area contributed by atoms with Crippen LogP contribution in [0, 0.1) is 10.5 Å². The quantitative estimate of drug-likeness (QED) is 0.818. The number of anilines is 1. The van der Waals surface area contributed by atoms with Crippen LogP contribution in [0.4, 0.5) is 5.69 Å². The lowest BCUT2D eigenvalue weighted by Crippen LogP contribution is -2.12. The maximum absolute atomic E-state index is 11.9. The summed E-state index contributed by atoms with van der Waals surface area (Å²) in [5.41, 5.74) is 1.27. The van der Waals surface area contributed by atoms with Crippen LogP contribution in [0.1, 0.15) is 16.1 Å². The first kappa shape index (κ1) is 12.4. The zero-order valence-corrected chi connectivity index (χ0v) is 11.9. The van der Waals surface area contributed by atoms with Gasteiger partial charge in [-0.1, -0.05) is 11.6 Å². The summed E-state index contributed by atoms with van der Waals surface area (Å²) < 4.78 is 5.98. The van der Waals surface area contributed by atoms with Gasteiger partial charge in [-0.3, -0.25) is 4.79 Å².